The van der Waals surface area contributed by atoms with E-state index in [4.69, 9.17) is 15.2 Å². The van der Waals surface area contributed by atoms with E-state index in [1.54, 1.807) is 31.2 Å². The van der Waals surface area contributed by atoms with Crippen LogP contribution in [0.4, 0.5) is 11.5 Å². The number of nitro groups is 1. The van der Waals surface area contributed by atoms with Gasteiger partial charge in [0.15, 0.2) is 11.5 Å². The highest BCUT2D eigenvalue weighted by Crippen LogP contribution is 2.44. The van der Waals surface area contributed by atoms with Gasteiger partial charge in [0.1, 0.15) is 24.6 Å². The molecule has 0 spiro atoms. The maximum absolute atomic E-state index is 10.8. The molecule has 1 heterocycles. The van der Waals surface area contributed by atoms with Crippen LogP contribution in [-0.4, -0.2) is 17.0 Å². The highest BCUT2D eigenvalue weighted by Gasteiger charge is 2.29. The summed E-state index contributed by atoms with van der Waals surface area (Å²) in [6, 6.07) is 15.9. The van der Waals surface area contributed by atoms with Crippen molar-refractivity contribution >= 4 is 28.7 Å². The van der Waals surface area contributed by atoms with E-state index in [1.807, 2.05) is 19.1 Å². The Hall–Kier alpha value is -5.15. The zero-order valence-corrected chi connectivity index (χ0v) is 19.8. The number of non-ortho nitro benzene ring substituents is 1. The highest BCUT2D eigenvalue weighted by molar-refractivity contribution is 6.08. The van der Waals surface area contributed by atoms with Gasteiger partial charge in [0.2, 0.25) is 0 Å². The van der Waals surface area contributed by atoms with Gasteiger partial charge < -0.3 is 15.2 Å². The SMILES string of the molecule is COc1cc(/C=C2/C(C)=C(C#N)c3nc(N)c(C#N)c(C)c32)ccc1OCc1ccc([N+](=O)[O-])cc1. The summed E-state index contributed by atoms with van der Waals surface area (Å²) in [7, 11) is 1.53. The molecule has 9 heteroatoms. The van der Waals surface area contributed by atoms with Gasteiger partial charge >= 0.3 is 0 Å². The van der Waals surface area contributed by atoms with Crippen molar-refractivity contribution in [1.29, 1.82) is 10.5 Å². The zero-order valence-electron chi connectivity index (χ0n) is 19.8. The third-order valence-electron chi connectivity index (χ3n) is 6.02. The molecule has 178 valence electrons. The molecule has 0 aliphatic heterocycles. The normalized spacial score (nSPS) is 13.2. The number of allylic oxidation sites excluding steroid dienone is 3. The average Bonchev–Trinajstić information content (AvgIpc) is 3.13. The van der Waals surface area contributed by atoms with Crippen LogP contribution in [0.2, 0.25) is 0 Å². The van der Waals surface area contributed by atoms with Crippen molar-refractivity contribution in [3.63, 3.8) is 0 Å². The monoisotopic (exact) mass is 479 g/mol. The number of ether oxygens (including phenoxy) is 2. The lowest BCUT2D eigenvalue weighted by Crippen LogP contribution is -2.03. The van der Waals surface area contributed by atoms with Gasteiger partial charge in [0.05, 0.1) is 28.9 Å². The Morgan fingerprint density at radius 1 is 1.11 bits per heavy atom. The minimum atomic E-state index is -0.451. The Kier molecular flexibility index (Phi) is 6.40. The molecule has 0 saturated carbocycles. The number of methoxy groups -OCH3 is 1. The van der Waals surface area contributed by atoms with Crippen LogP contribution in [0.5, 0.6) is 11.5 Å². The van der Waals surface area contributed by atoms with Crippen molar-refractivity contribution < 1.29 is 14.4 Å². The lowest BCUT2D eigenvalue weighted by atomic mass is 9.95. The molecule has 0 saturated heterocycles. The van der Waals surface area contributed by atoms with Gasteiger partial charge in [-0.3, -0.25) is 10.1 Å². The van der Waals surface area contributed by atoms with Crippen molar-refractivity contribution in [2.24, 2.45) is 0 Å². The van der Waals surface area contributed by atoms with Crippen LogP contribution in [0.25, 0.3) is 17.2 Å². The fraction of sp³-hybridized carbons (Fsp3) is 0.148. The molecule has 0 amide bonds. The van der Waals surface area contributed by atoms with Crippen LogP contribution >= 0.6 is 0 Å². The summed E-state index contributed by atoms with van der Waals surface area (Å²) in [6.07, 6.45) is 1.91. The molecule has 9 nitrogen and oxygen atoms in total. The van der Waals surface area contributed by atoms with Crippen LogP contribution in [0.1, 0.15) is 40.4 Å². The Morgan fingerprint density at radius 3 is 2.44 bits per heavy atom. The first-order valence-corrected chi connectivity index (χ1v) is 10.9. The number of anilines is 1. The summed E-state index contributed by atoms with van der Waals surface area (Å²) < 4.78 is 11.4. The highest BCUT2D eigenvalue weighted by atomic mass is 16.6. The number of hydrogen-bond donors (Lipinski definition) is 1. The first-order chi connectivity index (χ1) is 17.3. The molecule has 1 aliphatic carbocycles. The molecule has 0 radical (unpaired) electrons. The largest absolute Gasteiger partial charge is 0.493 e. The molecule has 0 fully saturated rings. The van der Waals surface area contributed by atoms with Crippen LogP contribution in [0.15, 0.2) is 48.0 Å². The molecular weight excluding hydrogens is 458 g/mol. The second kappa shape index (κ2) is 9.61. The molecule has 0 unspecified atom stereocenters. The van der Waals surface area contributed by atoms with Crippen molar-refractivity contribution in [3.8, 4) is 23.6 Å². The fourth-order valence-electron chi connectivity index (χ4n) is 4.13. The first kappa shape index (κ1) is 24.0. The quantitative estimate of drug-likeness (QED) is 0.375. The molecule has 1 aromatic heterocycles. The van der Waals surface area contributed by atoms with E-state index in [-0.39, 0.29) is 18.1 Å². The number of nitro benzene ring substituents is 1. The Morgan fingerprint density at radius 2 is 1.83 bits per heavy atom. The molecular formula is C27H21N5O4. The maximum Gasteiger partial charge on any atom is 0.269 e. The molecule has 1 aliphatic rings. The van der Waals surface area contributed by atoms with Crippen molar-refractivity contribution in [2.45, 2.75) is 20.5 Å². The van der Waals surface area contributed by atoms with E-state index >= 15 is 0 Å². The zero-order chi connectivity index (χ0) is 26.0. The Bertz CT molecular complexity index is 1540. The van der Waals surface area contributed by atoms with E-state index in [9.17, 15) is 20.6 Å². The number of nitrogens with two attached hydrogens (primary N) is 1. The summed E-state index contributed by atoms with van der Waals surface area (Å²) in [5, 5.41) is 30.1. The molecule has 4 rings (SSSR count). The topological polar surface area (TPSA) is 148 Å². The standard InChI is InChI=1S/C27H21N5O4/c1-15-20(25-16(2)22(13-29)27(30)31-26(25)21(15)12-28)10-18-6-9-23(24(11-18)35-3)36-14-17-4-7-19(8-5-17)32(33)34/h4-11H,14H2,1-3H3,(H2,30,31)/b20-10-. The van der Waals surface area contributed by atoms with Gasteiger partial charge in [-0.15, -0.1) is 0 Å². The van der Waals surface area contributed by atoms with E-state index in [1.165, 1.54) is 19.2 Å². The lowest BCUT2D eigenvalue weighted by Gasteiger charge is -2.13. The number of nitrogen functional groups attached to an aromatic ring is 1. The third-order valence-corrected chi connectivity index (χ3v) is 6.02. The van der Waals surface area contributed by atoms with Gasteiger partial charge in [-0.05, 0) is 72.0 Å². The van der Waals surface area contributed by atoms with Crippen molar-refractivity contribution in [2.75, 3.05) is 12.8 Å². The molecule has 0 atom stereocenters. The van der Waals surface area contributed by atoms with E-state index < -0.39 is 4.92 Å². The van der Waals surface area contributed by atoms with Gasteiger partial charge in [-0.1, -0.05) is 6.07 Å². The van der Waals surface area contributed by atoms with Crippen molar-refractivity contribution in [1.82, 2.24) is 4.98 Å². The minimum absolute atomic E-state index is 0.0149. The number of aromatic nitrogens is 1. The van der Waals surface area contributed by atoms with Gasteiger partial charge in [-0.25, -0.2) is 4.98 Å². The predicted octanol–water partition coefficient (Wildman–Crippen LogP) is 5.19. The summed E-state index contributed by atoms with van der Waals surface area (Å²) in [4.78, 5) is 14.7. The number of rotatable bonds is 6. The van der Waals surface area contributed by atoms with Crippen LogP contribution < -0.4 is 15.2 Å². The minimum Gasteiger partial charge on any atom is -0.493 e. The average molecular weight is 479 g/mol. The fourth-order valence-corrected chi connectivity index (χ4v) is 4.13. The molecule has 36 heavy (non-hydrogen) atoms. The summed E-state index contributed by atoms with van der Waals surface area (Å²) >= 11 is 0. The van der Waals surface area contributed by atoms with Crippen LogP contribution in [-0.2, 0) is 6.61 Å². The third kappa shape index (κ3) is 4.22. The van der Waals surface area contributed by atoms with Crippen LogP contribution in [0, 0.1) is 39.7 Å². The van der Waals surface area contributed by atoms with Gasteiger partial charge in [0.25, 0.3) is 5.69 Å². The first-order valence-electron chi connectivity index (χ1n) is 10.9. The van der Waals surface area contributed by atoms with Crippen LogP contribution in [0.3, 0.4) is 0 Å². The number of benzene rings is 2. The summed E-state index contributed by atoms with van der Waals surface area (Å²) in [5.74, 6) is 1.11. The smallest absolute Gasteiger partial charge is 0.269 e. The molecule has 2 aromatic carbocycles. The number of hydrogen-bond acceptors (Lipinski definition) is 8. The van der Waals surface area contributed by atoms with Crippen molar-refractivity contribution in [3.05, 3.63) is 91.7 Å². The molecule has 3 aromatic rings. The summed E-state index contributed by atoms with van der Waals surface area (Å²) in [5.41, 5.74) is 11.7. The molecule has 2 N–H and O–H groups in total. The van der Waals surface area contributed by atoms with E-state index in [0.717, 1.165) is 22.3 Å². The van der Waals surface area contributed by atoms with Gasteiger partial charge in [0, 0.05) is 17.7 Å². The number of fused-ring (bicyclic) bond motifs is 1. The second-order valence-electron chi connectivity index (χ2n) is 8.12. The lowest BCUT2D eigenvalue weighted by molar-refractivity contribution is -0.384. The van der Waals surface area contributed by atoms with E-state index in [0.29, 0.717) is 39.5 Å². The number of nitrogens with zero attached hydrogens (tertiary/aromatic N) is 4. The van der Waals surface area contributed by atoms with E-state index in [2.05, 4.69) is 17.1 Å². The number of pyridine rings is 1. The second-order valence-corrected chi connectivity index (χ2v) is 8.12. The maximum atomic E-state index is 10.8. The predicted molar refractivity (Wildman–Crippen MR) is 135 cm³/mol. The molecule has 0 bridgehead atoms. The Labute approximate surface area is 207 Å². The Balaban J connectivity index is 1.67. The van der Waals surface area contributed by atoms with Gasteiger partial charge in [-0.2, -0.15) is 10.5 Å². The number of nitriles is 2. The summed E-state index contributed by atoms with van der Waals surface area (Å²) in [6.45, 7) is 3.85.